The smallest absolute Gasteiger partial charge is 0.172 e. The molecule has 0 spiro atoms. The van der Waals surface area contributed by atoms with Crippen molar-refractivity contribution < 1.29 is 18.7 Å². The van der Waals surface area contributed by atoms with Gasteiger partial charge in [0.25, 0.3) is 0 Å². The molecular formula is C13H14BrFO3. The van der Waals surface area contributed by atoms with E-state index in [1.807, 2.05) is 0 Å². The Morgan fingerprint density at radius 2 is 2.33 bits per heavy atom. The van der Waals surface area contributed by atoms with Crippen molar-refractivity contribution in [1.82, 2.24) is 0 Å². The van der Waals surface area contributed by atoms with Crippen molar-refractivity contribution >= 4 is 21.7 Å². The first kappa shape index (κ1) is 13.5. The van der Waals surface area contributed by atoms with E-state index >= 15 is 0 Å². The monoisotopic (exact) mass is 316 g/mol. The molecule has 1 saturated heterocycles. The Balaban J connectivity index is 2.31. The van der Waals surface area contributed by atoms with Crippen molar-refractivity contribution in [3.8, 4) is 5.75 Å². The van der Waals surface area contributed by atoms with Crippen molar-refractivity contribution in [3.63, 3.8) is 0 Å². The first-order chi connectivity index (χ1) is 8.63. The summed E-state index contributed by atoms with van der Waals surface area (Å²) in [5, 5.41) is 0. The van der Waals surface area contributed by atoms with Gasteiger partial charge in [-0.25, -0.2) is 4.39 Å². The molecule has 0 bridgehead atoms. The highest BCUT2D eigenvalue weighted by molar-refractivity contribution is 9.10. The van der Waals surface area contributed by atoms with E-state index in [0.29, 0.717) is 18.8 Å². The number of carbonyl (C=O) groups is 1. The number of benzene rings is 1. The van der Waals surface area contributed by atoms with E-state index < -0.39 is 5.82 Å². The number of rotatable bonds is 3. The highest BCUT2D eigenvalue weighted by Crippen LogP contribution is 2.30. The summed E-state index contributed by atoms with van der Waals surface area (Å²) in [5.41, 5.74) is 0.404. The minimum atomic E-state index is -0.441. The van der Waals surface area contributed by atoms with Crippen LogP contribution in [0.5, 0.6) is 5.75 Å². The number of methoxy groups -OCH3 is 1. The van der Waals surface area contributed by atoms with Crippen molar-refractivity contribution in [1.29, 1.82) is 0 Å². The highest BCUT2D eigenvalue weighted by Gasteiger charge is 2.26. The molecular weight excluding hydrogens is 303 g/mol. The Morgan fingerprint density at radius 3 is 2.94 bits per heavy atom. The summed E-state index contributed by atoms with van der Waals surface area (Å²) in [6, 6.07) is 2.70. The second-order valence-electron chi connectivity index (χ2n) is 4.24. The van der Waals surface area contributed by atoms with Crippen LogP contribution >= 0.6 is 15.9 Å². The van der Waals surface area contributed by atoms with Crippen LogP contribution in [0.4, 0.5) is 4.39 Å². The fourth-order valence-electron chi connectivity index (χ4n) is 2.06. The maximum Gasteiger partial charge on any atom is 0.172 e. The predicted octanol–water partition coefficient (Wildman–Crippen LogP) is 3.21. The number of ketones is 1. The lowest BCUT2D eigenvalue weighted by Crippen LogP contribution is -2.25. The Kier molecular flexibility index (Phi) is 4.35. The molecule has 0 saturated carbocycles. The minimum Gasteiger partial charge on any atom is -0.496 e. The summed E-state index contributed by atoms with van der Waals surface area (Å²) < 4.78 is 24.0. The second-order valence-corrected chi connectivity index (χ2v) is 5.10. The molecule has 1 atom stereocenters. The van der Waals surface area contributed by atoms with Crippen LogP contribution in [0.2, 0.25) is 0 Å². The van der Waals surface area contributed by atoms with E-state index in [1.54, 1.807) is 0 Å². The average Bonchev–Trinajstić information content (AvgIpc) is 2.41. The predicted molar refractivity (Wildman–Crippen MR) is 68.5 cm³/mol. The molecule has 18 heavy (non-hydrogen) atoms. The third kappa shape index (κ3) is 2.72. The molecule has 3 nitrogen and oxygen atoms in total. The summed E-state index contributed by atoms with van der Waals surface area (Å²) in [4.78, 5) is 12.3. The molecule has 0 aromatic heterocycles. The topological polar surface area (TPSA) is 35.5 Å². The summed E-state index contributed by atoms with van der Waals surface area (Å²) in [5.74, 6) is -0.383. The normalized spacial score (nSPS) is 19.6. The quantitative estimate of drug-likeness (QED) is 0.803. The fraction of sp³-hybridized carbons (Fsp3) is 0.462. The van der Waals surface area contributed by atoms with Crippen LogP contribution in [0, 0.1) is 11.7 Å². The van der Waals surface area contributed by atoms with E-state index in [9.17, 15) is 9.18 Å². The molecule has 0 amide bonds. The molecule has 2 rings (SSSR count). The number of ether oxygens (including phenoxy) is 2. The lowest BCUT2D eigenvalue weighted by atomic mass is 9.92. The average molecular weight is 317 g/mol. The van der Waals surface area contributed by atoms with Gasteiger partial charge in [0.2, 0.25) is 0 Å². The van der Waals surface area contributed by atoms with Crippen LogP contribution < -0.4 is 4.74 Å². The van der Waals surface area contributed by atoms with Crippen molar-refractivity contribution in [2.75, 3.05) is 20.3 Å². The largest absolute Gasteiger partial charge is 0.496 e. The number of Topliss-reactive ketones (excluding diaryl/α,β-unsaturated/α-hetero) is 1. The van der Waals surface area contributed by atoms with Gasteiger partial charge in [0.05, 0.1) is 23.8 Å². The first-order valence-corrected chi connectivity index (χ1v) is 6.57. The van der Waals surface area contributed by atoms with Gasteiger partial charge in [-0.15, -0.1) is 0 Å². The summed E-state index contributed by atoms with van der Waals surface area (Å²) in [6.07, 6.45) is 1.68. The highest BCUT2D eigenvalue weighted by atomic mass is 79.9. The van der Waals surface area contributed by atoms with Crippen LogP contribution in [0.3, 0.4) is 0 Å². The van der Waals surface area contributed by atoms with E-state index in [1.165, 1.54) is 19.2 Å². The molecule has 0 radical (unpaired) electrons. The van der Waals surface area contributed by atoms with E-state index in [4.69, 9.17) is 9.47 Å². The van der Waals surface area contributed by atoms with E-state index in [-0.39, 0.29) is 21.9 Å². The molecule has 98 valence electrons. The second kappa shape index (κ2) is 5.80. The van der Waals surface area contributed by atoms with Crippen LogP contribution in [0.25, 0.3) is 0 Å². The minimum absolute atomic E-state index is 0.0488. The molecule has 1 fully saturated rings. The van der Waals surface area contributed by atoms with Crippen LogP contribution in [-0.2, 0) is 4.74 Å². The third-order valence-corrected chi connectivity index (χ3v) is 3.65. The standard InChI is InChI=1S/C13H14BrFO3/c1-17-12-6-11(15)10(14)5-9(12)13(16)8-3-2-4-18-7-8/h5-6,8H,2-4,7H2,1H3. The Hall–Kier alpha value is -0.940. The maximum absolute atomic E-state index is 13.4. The number of halogens is 2. The first-order valence-electron chi connectivity index (χ1n) is 5.78. The Labute approximate surface area is 113 Å². The third-order valence-electron chi connectivity index (χ3n) is 3.04. The lowest BCUT2D eigenvalue weighted by Gasteiger charge is -2.21. The van der Waals surface area contributed by atoms with Gasteiger partial charge in [-0.2, -0.15) is 0 Å². The van der Waals surface area contributed by atoms with Gasteiger partial charge in [-0.3, -0.25) is 4.79 Å². The zero-order chi connectivity index (χ0) is 13.1. The van der Waals surface area contributed by atoms with Gasteiger partial charge in [0.1, 0.15) is 11.6 Å². The number of hydrogen-bond acceptors (Lipinski definition) is 3. The lowest BCUT2D eigenvalue weighted by molar-refractivity contribution is 0.0459. The number of hydrogen-bond donors (Lipinski definition) is 0. The van der Waals surface area contributed by atoms with Gasteiger partial charge < -0.3 is 9.47 Å². The summed E-state index contributed by atoms with van der Waals surface area (Å²) in [7, 11) is 1.43. The summed E-state index contributed by atoms with van der Waals surface area (Å²) >= 11 is 3.09. The molecule has 1 aliphatic rings. The molecule has 0 aliphatic carbocycles. The van der Waals surface area contributed by atoms with Crippen molar-refractivity contribution in [2.45, 2.75) is 12.8 Å². The Morgan fingerprint density at radius 1 is 1.56 bits per heavy atom. The van der Waals surface area contributed by atoms with Crippen LogP contribution in [-0.4, -0.2) is 26.1 Å². The van der Waals surface area contributed by atoms with E-state index in [0.717, 1.165) is 12.8 Å². The van der Waals surface area contributed by atoms with Gasteiger partial charge in [0, 0.05) is 18.6 Å². The van der Waals surface area contributed by atoms with Crippen LogP contribution in [0.15, 0.2) is 16.6 Å². The van der Waals surface area contributed by atoms with Gasteiger partial charge in [-0.05, 0) is 34.8 Å². The zero-order valence-electron chi connectivity index (χ0n) is 10.0. The molecule has 1 aliphatic heterocycles. The van der Waals surface area contributed by atoms with Crippen LogP contribution in [0.1, 0.15) is 23.2 Å². The van der Waals surface area contributed by atoms with Crippen molar-refractivity contribution in [3.05, 3.63) is 28.0 Å². The van der Waals surface area contributed by atoms with Crippen molar-refractivity contribution in [2.24, 2.45) is 5.92 Å². The molecule has 1 unspecified atom stereocenters. The molecule has 0 N–H and O–H groups in total. The van der Waals surface area contributed by atoms with Gasteiger partial charge in [-0.1, -0.05) is 0 Å². The van der Waals surface area contributed by atoms with Gasteiger partial charge >= 0.3 is 0 Å². The molecule has 5 heteroatoms. The Bertz CT molecular complexity index is 456. The zero-order valence-corrected chi connectivity index (χ0v) is 11.6. The number of carbonyl (C=O) groups excluding carboxylic acids is 1. The molecule has 1 aromatic rings. The maximum atomic E-state index is 13.4. The summed E-state index contributed by atoms with van der Waals surface area (Å²) in [6.45, 7) is 1.13. The fourth-order valence-corrected chi connectivity index (χ4v) is 2.40. The van der Waals surface area contributed by atoms with Gasteiger partial charge in [0.15, 0.2) is 5.78 Å². The molecule has 1 heterocycles. The SMILES string of the molecule is COc1cc(F)c(Br)cc1C(=O)C1CCCOC1. The van der Waals surface area contributed by atoms with E-state index in [2.05, 4.69) is 15.9 Å². The molecule has 1 aromatic carbocycles.